The molecule has 0 saturated carbocycles. The van der Waals surface area contributed by atoms with Gasteiger partial charge in [0.2, 0.25) is 0 Å². The van der Waals surface area contributed by atoms with Gasteiger partial charge in [-0.1, -0.05) is 12.8 Å². The van der Waals surface area contributed by atoms with Gasteiger partial charge in [0.1, 0.15) is 0 Å². The molecule has 2 aliphatic rings. The van der Waals surface area contributed by atoms with Gasteiger partial charge in [-0.25, -0.2) is 4.79 Å². The highest BCUT2D eigenvalue weighted by molar-refractivity contribution is 5.96. The lowest BCUT2D eigenvalue weighted by molar-refractivity contribution is 0.0951. The molecule has 0 radical (unpaired) electrons. The maximum atomic E-state index is 12.2. The Bertz CT molecular complexity index is 580. The van der Waals surface area contributed by atoms with Crippen molar-refractivity contribution in [2.75, 3.05) is 44.2 Å². The summed E-state index contributed by atoms with van der Waals surface area (Å²) in [5, 5.41) is 5.77. The monoisotopic (exact) mass is 344 g/mol. The highest BCUT2D eigenvalue weighted by Crippen LogP contribution is 2.17. The summed E-state index contributed by atoms with van der Waals surface area (Å²) in [7, 11) is 0. The van der Waals surface area contributed by atoms with Gasteiger partial charge in [-0.15, -0.1) is 0 Å². The number of hydrogen-bond acceptors (Lipinski definition) is 3. The first kappa shape index (κ1) is 17.7. The Morgan fingerprint density at radius 3 is 2.40 bits per heavy atom. The van der Waals surface area contributed by atoms with E-state index in [4.69, 9.17) is 0 Å². The van der Waals surface area contributed by atoms with Gasteiger partial charge in [-0.3, -0.25) is 9.69 Å². The molecular formula is C19H28N4O2. The molecule has 0 atom stereocenters. The van der Waals surface area contributed by atoms with E-state index >= 15 is 0 Å². The lowest BCUT2D eigenvalue weighted by Crippen LogP contribution is -2.30. The molecule has 2 aliphatic heterocycles. The molecule has 2 fully saturated rings. The molecule has 0 aromatic heterocycles. The van der Waals surface area contributed by atoms with Gasteiger partial charge < -0.3 is 15.5 Å². The summed E-state index contributed by atoms with van der Waals surface area (Å²) in [6.07, 6.45) is 6.28. The molecule has 1 aromatic rings. The van der Waals surface area contributed by atoms with E-state index in [1.165, 1.54) is 38.8 Å². The summed E-state index contributed by atoms with van der Waals surface area (Å²) in [5.74, 6) is -0.0479. The predicted molar refractivity (Wildman–Crippen MR) is 99.0 cm³/mol. The number of amides is 3. The number of nitrogens with zero attached hydrogens (tertiary/aromatic N) is 2. The first-order valence-electron chi connectivity index (χ1n) is 9.40. The van der Waals surface area contributed by atoms with Crippen LogP contribution < -0.4 is 15.5 Å². The van der Waals surface area contributed by atoms with Crippen LogP contribution in [0.5, 0.6) is 0 Å². The molecular weight excluding hydrogens is 316 g/mol. The summed E-state index contributed by atoms with van der Waals surface area (Å²) in [6, 6.07) is 7.15. The van der Waals surface area contributed by atoms with Crippen LogP contribution in [0.2, 0.25) is 0 Å². The Labute approximate surface area is 149 Å². The van der Waals surface area contributed by atoms with Crippen LogP contribution in [0.25, 0.3) is 0 Å². The van der Waals surface area contributed by atoms with E-state index in [1.807, 2.05) is 12.1 Å². The van der Waals surface area contributed by atoms with Crippen molar-refractivity contribution in [3.63, 3.8) is 0 Å². The molecule has 2 N–H and O–H groups in total. The van der Waals surface area contributed by atoms with Gasteiger partial charge in [0.25, 0.3) is 5.91 Å². The normalized spacial score (nSPS) is 18.7. The van der Waals surface area contributed by atoms with Gasteiger partial charge in [-0.2, -0.15) is 0 Å². The fourth-order valence-electron chi connectivity index (χ4n) is 3.48. The minimum absolute atomic E-state index is 0.0479. The molecule has 136 valence electrons. The second-order valence-corrected chi connectivity index (χ2v) is 6.80. The third-order valence-corrected chi connectivity index (χ3v) is 4.93. The van der Waals surface area contributed by atoms with Crippen LogP contribution in [0.3, 0.4) is 0 Å². The second-order valence-electron chi connectivity index (χ2n) is 6.80. The zero-order chi connectivity index (χ0) is 17.5. The zero-order valence-corrected chi connectivity index (χ0v) is 14.8. The Kier molecular flexibility index (Phi) is 6.28. The van der Waals surface area contributed by atoms with Crippen LogP contribution in [-0.2, 0) is 0 Å². The van der Waals surface area contributed by atoms with Crippen LogP contribution >= 0.6 is 0 Å². The summed E-state index contributed by atoms with van der Waals surface area (Å²) in [5.41, 5.74) is 1.46. The largest absolute Gasteiger partial charge is 0.352 e. The molecule has 0 unspecified atom stereocenters. The number of likely N-dealkylation sites (tertiary alicyclic amines) is 1. The Hall–Kier alpha value is -2.08. The smallest absolute Gasteiger partial charge is 0.321 e. The lowest BCUT2D eigenvalue weighted by Gasteiger charge is -2.19. The minimum Gasteiger partial charge on any atom is -0.352 e. The summed E-state index contributed by atoms with van der Waals surface area (Å²) < 4.78 is 0. The van der Waals surface area contributed by atoms with Gasteiger partial charge in [0.15, 0.2) is 0 Å². The molecule has 0 bridgehead atoms. The molecule has 1 aromatic carbocycles. The maximum absolute atomic E-state index is 12.2. The fourth-order valence-corrected chi connectivity index (χ4v) is 3.48. The van der Waals surface area contributed by atoms with Crippen molar-refractivity contribution in [1.82, 2.24) is 15.5 Å². The molecule has 3 rings (SSSR count). The predicted octanol–water partition coefficient (Wildman–Crippen LogP) is 2.21. The second kappa shape index (κ2) is 8.85. The average Bonchev–Trinajstić information content (AvgIpc) is 2.90. The van der Waals surface area contributed by atoms with Crippen molar-refractivity contribution < 1.29 is 9.59 Å². The SMILES string of the molecule is O=C(NCCCN1CCCCCC1)c1ccc(N2CCNC2=O)cc1. The molecule has 2 heterocycles. The van der Waals surface area contributed by atoms with E-state index in [9.17, 15) is 9.59 Å². The highest BCUT2D eigenvalue weighted by atomic mass is 16.2. The first-order chi connectivity index (χ1) is 12.2. The molecule has 3 amide bonds. The van der Waals surface area contributed by atoms with E-state index in [0.717, 1.165) is 18.7 Å². The number of benzene rings is 1. The van der Waals surface area contributed by atoms with Crippen molar-refractivity contribution in [2.45, 2.75) is 32.1 Å². The van der Waals surface area contributed by atoms with Crippen molar-refractivity contribution in [2.24, 2.45) is 0 Å². The van der Waals surface area contributed by atoms with Crippen LogP contribution in [0.15, 0.2) is 24.3 Å². The van der Waals surface area contributed by atoms with Gasteiger partial charge in [-0.05, 0) is 63.2 Å². The van der Waals surface area contributed by atoms with Crippen LogP contribution in [0.1, 0.15) is 42.5 Å². The fraction of sp³-hybridized carbons (Fsp3) is 0.579. The lowest BCUT2D eigenvalue weighted by atomic mass is 10.2. The van der Waals surface area contributed by atoms with E-state index in [-0.39, 0.29) is 11.9 Å². The van der Waals surface area contributed by atoms with Crippen LogP contribution in [0.4, 0.5) is 10.5 Å². The Morgan fingerprint density at radius 1 is 1.04 bits per heavy atom. The van der Waals surface area contributed by atoms with Gasteiger partial charge in [0, 0.05) is 30.9 Å². The number of nitrogens with one attached hydrogen (secondary N) is 2. The Balaban J connectivity index is 1.41. The number of urea groups is 1. The summed E-state index contributed by atoms with van der Waals surface area (Å²) in [6.45, 7) is 5.48. The summed E-state index contributed by atoms with van der Waals surface area (Å²) in [4.78, 5) is 28.1. The Morgan fingerprint density at radius 2 is 1.76 bits per heavy atom. The third kappa shape index (κ3) is 4.95. The molecule has 6 heteroatoms. The number of anilines is 1. The average molecular weight is 344 g/mol. The van der Waals surface area contributed by atoms with Crippen LogP contribution in [0, 0.1) is 0 Å². The molecule has 0 spiro atoms. The summed E-state index contributed by atoms with van der Waals surface area (Å²) >= 11 is 0. The molecule has 25 heavy (non-hydrogen) atoms. The third-order valence-electron chi connectivity index (χ3n) is 4.93. The van der Waals surface area contributed by atoms with Gasteiger partial charge in [0.05, 0.1) is 0 Å². The number of hydrogen-bond donors (Lipinski definition) is 2. The van der Waals surface area contributed by atoms with E-state index in [1.54, 1.807) is 17.0 Å². The first-order valence-corrected chi connectivity index (χ1v) is 9.40. The maximum Gasteiger partial charge on any atom is 0.321 e. The quantitative estimate of drug-likeness (QED) is 0.778. The van der Waals surface area contributed by atoms with E-state index in [2.05, 4.69) is 15.5 Å². The van der Waals surface area contributed by atoms with Gasteiger partial charge >= 0.3 is 6.03 Å². The van der Waals surface area contributed by atoms with Crippen molar-refractivity contribution >= 4 is 17.6 Å². The van der Waals surface area contributed by atoms with E-state index < -0.39 is 0 Å². The number of rotatable bonds is 6. The number of carbonyl (C=O) groups excluding carboxylic acids is 2. The highest BCUT2D eigenvalue weighted by Gasteiger charge is 2.21. The topological polar surface area (TPSA) is 64.7 Å². The van der Waals surface area contributed by atoms with E-state index in [0.29, 0.717) is 25.2 Å². The zero-order valence-electron chi connectivity index (χ0n) is 14.8. The number of carbonyl (C=O) groups is 2. The van der Waals surface area contributed by atoms with Crippen molar-refractivity contribution in [1.29, 1.82) is 0 Å². The minimum atomic E-state index is -0.0780. The molecule has 2 saturated heterocycles. The van der Waals surface area contributed by atoms with Crippen LogP contribution in [-0.4, -0.2) is 56.1 Å². The van der Waals surface area contributed by atoms with Crippen molar-refractivity contribution in [3.8, 4) is 0 Å². The standard InChI is InChI=1S/C19H28N4O2/c24-18(20-10-5-14-22-12-3-1-2-4-13-22)16-6-8-17(9-7-16)23-15-11-21-19(23)25/h6-9H,1-5,10-15H2,(H,20,24)(H,21,25). The van der Waals surface area contributed by atoms with Crippen molar-refractivity contribution in [3.05, 3.63) is 29.8 Å². The molecule has 6 nitrogen and oxygen atoms in total. The molecule has 0 aliphatic carbocycles.